The maximum absolute atomic E-state index is 5.25. The molecule has 0 N–H and O–H groups in total. The van der Waals surface area contributed by atoms with Crippen molar-refractivity contribution in [1.82, 2.24) is 0 Å². The third-order valence-corrected chi connectivity index (χ3v) is 2.27. The molecular weight excluding hydrogens is 160 g/mol. The van der Waals surface area contributed by atoms with E-state index in [0.717, 1.165) is 6.42 Å². The number of hydrogen-bond acceptors (Lipinski definition) is 1. The Kier molecular flexibility index (Phi) is 8.30. The molecule has 0 radical (unpaired) electrons. The van der Waals surface area contributed by atoms with E-state index in [2.05, 4.69) is 13.8 Å². The minimum absolute atomic E-state index is 0.506. The normalized spacial score (nSPS) is 13.3. The zero-order valence-corrected chi connectivity index (χ0v) is 8.58. The molecule has 1 atom stereocenters. The molecular formula is C8H17OTi. The van der Waals surface area contributed by atoms with Crippen molar-refractivity contribution in [1.29, 1.82) is 0 Å². The summed E-state index contributed by atoms with van der Waals surface area (Å²) >= 11 is 1.81. The van der Waals surface area contributed by atoms with Crippen molar-refractivity contribution in [3.63, 3.8) is 0 Å². The average molecular weight is 177 g/mol. The molecule has 10 heavy (non-hydrogen) atoms. The summed E-state index contributed by atoms with van der Waals surface area (Å²) in [4.78, 5) is 0. The molecule has 0 rings (SSSR count). The van der Waals surface area contributed by atoms with Gasteiger partial charge in [0, 0.05) is 0 Å². The van der Waals surface area contributed by atoms with Crippen LogP contribution in [-0.2, 0) is 24.1 Å². The molecule has 0 aliphatic heterocycles. The van der Waals surface area contributed by atoms with Crippen molar-refractivity contribution in [2.75, 3.05) is 0 Å². The van der Waals surface area contributed by atoms with Gasteiger partial charge < -0.3 is 0 Å². The molecule has 0 aliphatic rings. The van der Waals surface area contributed by atoms with Gasteiger partial charge in [-0.15, -0.1) is 0 Å². The van der Waals surface area contributed by atoms with E-state index in [0.29, 0.717) is 6.10 Å². The zero-order chi connectivity index (χ0) is 7.82. The summed E-state index contributed by atoms with van der Waals surface area (Å²) in [6.45, 7) is 4.41. The summed E-state index contributed by atoms with van der Waals surface area (Å²) in [6.07, 6.45) is 6.87. The second kappa shape index (κ2) is 7.78. The van der Waals surface area contributed by atoms with E-state index in [4.69, 9.17) is 3.32 Å². The standard InChI is InChI=1S/C8H17O.Ti/c1-3-5-6-7-8(9)4-2;/h8H,3-7H2,1-2H3;/q-1;+1. The summed E-state index contributed by atoms with van der Waals surface area (Å²) < 4.78 is 5.25. The summed E-state index contributed by atoms with van der Waals surface area (Å²) in [6, 6.07) is 0. The first-order chi connectivity index (χ1) is 4.85. The third-order valence-electron chi connectivity index (χ3n) is 1.75. The first kappa shape index (κ1) is 10.7. The molecule has 0 amide bonds. The molecule has 0 saturated carbocycles. The SMILES string of the molecule is CCCCCC(CC)[O][Ti]. The zero-order valence-electron chi connectivity index (χ0n) is 7.02. The van der Waals surface area contributed by atoms with Crippen molar-refractivity contribution in [3.05, 3.63) is 0 Å². The third kappa shape index (κ3) is 5.46. The summed E-state index contributed by atoms with van der Waals surface area (Å²) in [5, 5.41) is 0. The summed E-state index contributed by atoms with van der Waals surface area (Å²) in [5.41, 5.74) is 0. The van der Waals surface area contributed by atoms with Gasteiger partial charge in [0.05, 0.1) is 0 Å². The van der Waals surface area contributed by atoms with Gasteiger partial charge >= 0.3 is 76.2 Å². The molecule has 0 aromatic heterocycles. The van der Waals surface area contributed by atoms with E-state index in [-0.39, 0.29) is 0 Å². The fourth-order valence-electron chi connectivity index (χ4n) is 0.968. The number of rotatable bonds is 6. The van der Waals surface area contributed by atoms with E-state index in [1.165, 1.54) is 25.7 Å². The van der Waals surface area contributed by atoms with Crippen LogP contribution in [0.2, 0.25) is 0 Å². The van der Waals surface area contributed by atoms with E-state index in [9.17, 15) is 0 Å². The summed E-state index contributed by atoms with van der Waals surface area (Å²) in [5.74, 6) is 0. The number of hydrogen-bond donors (Lipinski definition) is 0. The van der Waals surface area contributed by atoms with Crippen LogP contribution in [0, 0.1) is 0 Å². The predicted octanol–water partition coefficient (Wildman–Crippen LogP) is 2.82. The maximum atomic E-state index is 5.25. The van der Waals surface area contributed by atoms with Crippen LogP contribution in [0.3, 0.4) is 0 Å². The van der Waals surface area contributed by atoms with Gasteiger partial charge in [0.2, 0.25) is 0 Å². The molecule has 0 fully saturated rings. The fourth-order valence-corrected chi connectivity index (χ4v) is 1.41. The van der Waals surface area contributed by atoms with E-state index >= 15 is 0 Å². The van der Waals surface area contributed by atoms with Gasteiger partial charge in [0.15, 0.2) is 0 Å². The fraction of sp³-hybridized carbons (Fsp3) is 1.00. The van der Waals surface area contributed by atoms with Crippen molar-refractivity contribution < 1.29 is 24.1 Å². The quantitative estimate of drug-likeness (QED) is 0.447. The molecule has 1 unspecified atom stereocenters. The molecule has 0 aromatic carbocycles. The molecule has 0 saturated heterocycles. The first-order valence-corrected chi connectivity index (χ1v) is 4.81. The van der Waals surface area contributed by atoms with Crippen LogP contribution in [0.25, 0.3) is 0 Å². The van der Waals surface area contributed by atoms with Crippen LogP contribution in [0.4, 0.5) is 0 Å². The van der Waals surface area contributed by atoms with Gasteiger partial charge in [-0.3, -0.25) is 0 Å². The van der Waals surface area contributed by atoms with Gasteiger partial charge in [-0.05, 0) is 0 Å². The Morgan fingerprint density at radius 1 is 1.30 bits per heavy atom. The molecule has 59 valence electrons. The molecule has 2 heteroatoms. The Bertz CT molecular complexity index is 62.3. The Morgan fingerprint density at radius 3 is 2.40 bits per heavy atom. The number of unbranched alkanes of at least 4 members (excludes halogenated alkanes) is 2. The van der Waals surface area contributed by atoms with Crippen LogP contribution in [-0.4, -0.2) is 6.10 Å². The molecule has 0 spiro atoms. The second-order valence-electron chi connectivity index (χ2n) is 2.64. The molecule has 0 aliphatic carbocycles. The predicted molar refractivity (Wildman–Crippen MR) is 39.3 cm³/mol. The second-order valence-corrected chi connectivity index (χ2v) is 3.01. The monoisotopic (exact) mass is 177 g/mol. The van der Waals surface area contributed by atoms with Crippen molar-refractivity contribution in [2.45, 2.75) is 52.1 Å². The van der Waals surface area contributed by atoms with Crippen LogP contribution in [0.1, 0.15) is 46.0 Å². The molecule has 0 aromatic rings. The van der Waals surface area contributed by atoms with E-state index in [1.807, 2.05) is 0 Å². The average Bonchev–Trinajstić information content (AvgIpc) is 1.99. The van der Waals surface area contributed by atoms with Gasteiger partial charge in [-0.1, -0.05) is 0 Å². The van der Waals surface area contributed by atoms with Crippen LogP contribution < -0.4 is 0 Å². The molecule has 0 bridgehead atoms. The Morgan fingerprint density at radius 2 is 2.00 bits per heavy atom. The summed E-state index contributed by atoms with van der Waals surface area (Å²) in [7, 11) is 0. The van der Waals surface area contributed by atoms with Gasteiger partial charge in [0.25, 0.3) is 0 Å². The molecule has 1 nitrogen and oxygen atoms in total. The Hall–Kier alpha value is 0.674. The van der Waals surface area contributed by atoms with Crippen LogP contribution in [0.5, 0.6) is 0 Å². The van der Waals surface area contributed by atoms with Gasteiger partial charge in [0.1, 0.15) is 0 Å². The molecule has 0 heterocycles. The van der Waals surface area contributed by atoms with Crippen LogP contribution in [0.15, 0.2) is 0 Å². The van der Waals surface area contributed by atoms with Gasteiger partial charge in [-0.2, -0.15) is 0 Å². The van der Waals surface area contributed by atoms with E-state index < -0.39 is 0 Å². The topological polar surface area (TPSA) is 9.23 Å². The van der Waals surface area contributed by atoms with Crippen molar-refractivity contribution in [2.24, 2.45) is 0 Å². The van der Waals surface area contributed by atoms with Crippen molar-refractivity contribution >= 4 is 0 Å². The first-order valence-electron chi connectivity index (χ1n) is 4.17. The van der Waals surface area contributed by atoms with Crippen LogP contribution >= 0.6 is 0 Å². The van der Waals surface area contributed by atoms with E-state index in [1.54, 1.807) is 20.8 Å². The van der Waals surface area contributed by atoms with Gasteiger partial charge in [-0.25, -0.2) is 0 Å². The Labute approximate surface area is 76.4 Å². The Balaban J connectivity index is 3.09. The minimum atomic E-state index is 0.506. The van der Waals surface area contributed by atoms with Crippen molar-refractivity contribution in [3.8, 4) is 0 Å².